The number of hydrogen-bond acceptors (Lipinski definition) is 28. The minimum absolute atomic E-state index is 0.000832. The second-order valence-electron chi connectivity index (χ2n) is 38.9. The van der Waals surface area contributed by atoms with Crippen molar-refractivity contribution in [2.75, 3.05) is 40.5 Å². The number of ketones is 10. The van der Waals surface area contributed by atoms with Gasteiger partial charge in [0.2, 0.25) is 35.4 Å². The van der Waals surface area contributed by atoms with Crippen molar-refractivity contribution < 1.29 is 125 Å². The van der Waals surface area contributed by atoms with Gasteiger partial charge < -0.3 is 61.1 Å². The van der Waals surface area contributed by atoms with Crippen LogP contribution in [0.2, 0.25) is 0 Å². The minimum atomic E-state index is -1.27. The van der Waals surface area contributed by atoms with E-state index in [1.54, 1.807) is 53.9 Å². The van der Waals surface area contributed by atoms with Gasteiger partial charge in [-0.2, -0.15) is 0 Å². The molecule has 38 nitrogen and oxygen atoms in total. The van der Waals surface area contributed by atoms with Crippen molar-refractivity contribution in [1.29, 1.82) is 0 Å². The minimum Gasteiger partial charge on any atom is -0.481 e. The summed E-state index contributed by atoms with van der Waals surface area (Å²) in [6, 6.07) is -2.32. The fourth-order valence-corrected chi connectivity index (χ4v) is 14.9. The van der Waals surface area contributed by atoms with Gasteiger partial charge in [-0.1, -0.05) is 178 Å². The summed E-state index contributed by atoms with van der Waals surface area (Å²) in [5, 5.41) is 50.9. The van der Waals surface area contributed by atoms with Crippen LogP contribution in [0.15, 0.2) is 12.4 Å². The number of unbranched alkanes of at least 4 members (excludes halogenated alkanes) is 24. The van der Waals surface area contributed by atoms with Crippen molar-refractivity contribution in [1.82, 2.24) is 61.9 Å². The van der Waals surface area contributed by atoms with Crippen LogP contribution in [0, 0.1) is 11.8 Å². The number of aliphatic carboxylic acids is 2. The Hall–Kier alpha value is -10.4. The first-order valence-corrected chi connectivity index (χ1v) is 52.2. The van der Waals surface area contributed by atoms with E-state index in [4.69, 9.17) is 18.9 Å². The highest BCUT2D eigenvalue weighted by atomic mass is 16.6. The van der Waals surface area contributed by atoms with E-state index < -0.39 is 76.6 Å². The summed E-state index contributed by atoms with van der Waals surface area (Å²) in [5.74, 6) is -10.3. The number of carboxylic acids is 2. The number of Topliss-reactive ketones (excluding diaryl/α,β-unsaturated/α-hetero) is 10. The molecule has 2 heterocycles. The monoisotopic (exact) mass is 2010 g/mol. The molecule has 0 aliphatic rings. The fourth-order valence-electron chi connectivity index (χ4n) is 14.9. The van der Waals surface area contributed by atoms with Gasteiger partial charge >= 0.3 is 23.9 Å². The largest absolute Gasteiger partial charge is 0.481 e. The van der Waals surface area contributed by atoms with Crippen molar-refractivity contribution in [3.8, 4) is 0 Å². The summed E-state index contributed by atoms with van der Waals surface area (Å²) in [7, 11) is 2.96. The molecule has 8 N–H and O–H groups in total. The first-order valence-electron chi connectivity index (χ1n) is 52.2. The molecular weight excluding hydrogens is 1830 g/mol. The molecule has 142 heavy (non-hydrogen) atoms. The number of hydrogen-bond donors (Lipinski definition) is 8. The van der Waals surface area contributed by atoms with E-state index in [1.165, 1.54) is 139 Å². The third kappa shape index (κ3) is 74.5. The second kappa shape index (κ2) is 80.0. The predicted molar refractivity (Wildman–Crippen MR) is 531 cm³/mol. The third-order valence-electron chi connectivity index (χ3n) is 23.6. The number of carboxylic acid groups (broad SMARTS) is 2. The van der Waals surface area contributed by atoms with Gasteiger partial charge in [-0.05, 0) is 80.1 Å². The third-order valence-corrected chi connectivity index (χ3v) is 23.6. The maximum absolute atomic E-state index is 13.4. The quantitative estimate of drug-likeness (QED) is 0.0225. The zero-order valence-corrected chi connectivity index (χ0v) is 87.1. The molecule has 0 aliphatic heterocycles. The molecule has 4 atom stereocenters. The lowest BCUT2D eigenvalue weighted by atomic mass is 9.94. The maximum atomic E-state index is 13.4. The number of carbonyl (C=O) groups excluding carboxylic acids is 18. The van der Waals surface area contributed by atoms with Gasteiger partial charge in [-0.25, -0.2) is 19.0 Å². The van der Waals surface area contributed by atoms with E-state index in [1.807, 2.05) is 0 Å². The molecule has 0 spiro atoms. The zero-order valence-electron chi connectivity index (χ0n) is 87.1. The smallest absolute Gasteiger partial charge is 0.329 e. The van der Waals surface area contributed by atoms with Crippen molar-refractivity contribution in [3.63, 3.8) is 0 Å². The molecule has 0 radical (unpaired) electrons. The highest BCUT2D eigenvalue weighted by molar-refractivity contribution is 5.94. The Kier molecular flexibility index (Phi) is 73.0. The number of ether oxygens (including phenoxy) is 4. The molecule has 0 unspecified atom stereocenters. The van der Waals surface area contributed by atoms with Gasteiger partial charge in [0.05, 0.1) is 76.8 Å². The average Bonchev–Trinajstić information content (AvgIpc) is 1.43. The van der Waals surface area contributed by atoms with Gasteiger partial charge in [-0.15, -0.1) is 10.2 Å². The molecule has 0 fully saturated rings. The average molecular weight is 2010 g/mol. The Morgan fingerprint density at radius 1 is 0.303 bits per heavy atom. The SMILES string of the molecule is CCCCCCCCCCCCCCCC(=O)N[C@@H](CCC(=O)C[C@@H](CCC(=O)NCc1cn(CCOCCC(=O)CCC(=O)CCC(=O)CCC(=O)CCC(=O)NC)nn1)C(=O)O)C(=O)O.CCCCCCCCCCCCCCCC(=O)N[C@@H](CCC(=O)C[C@@H](CCC(=O)NCc1cn(CCOCCC(=O)CCC(=O)CCC(=O)CCC(=O)CCC(=O)NC)nn1)C(=O)OC(C)(C)C)C(=O)OC(C)(C)C. The topological polar surface area (TPSA) is 552 Å². The maximum Gasteiger partial charge on any atom is 0.329 e. The summed E-state index contributed by atoms with van der Waals surface area (Å²) in [6.45, 7) is 16.1. The van der Waals surface area contributed by atoms with Crippen LogP contribution in [0.1, 0.15) is 426 Å². The predicted octanol–water partition coefficient (Wildman–Crippen LogP) is 13.9. The highest BCUT2D eigenvalue weighted by Gasteiger charge is 2.33. The first kappa shape index (κ1) is 130. The molecule has 6 amide bonds. The Morgan fingerprint density at radius 2 is 0.592 bits per heavy atom. The van der Waals surface area contributed by atoms with Crippen molar-refractivity contribution >= 4 is 117 Å². The van der Waals surface area contributed by atoms with E-state index >= 15 is 0 Å². The second-order valence-corrected chi connectivity index (χ2v) is 38.9. The van der Waals surface area contributed by atoms with Gasteiger partial charge in [0.25, 0.3) is 0 Å². The Labute approximate surface area is 840 Å². The highest BCUT2D eigenvalue weighted by Crippen LogP contribution is 2.24. The van der Waals surface area contributed by atoms with Crippen LogP contribution in [-0.2, 0) is 141 Å². The van der Waals surface area contributed by atoms with Crippen molar-refractivity contribution in [3.05, 3.63) is 23.8 Å². The number of nitrogens with zero attached hydrogens (tertiary/aromatic N) is 6. The number of nitrogens with one attached hydrogen (secondary N) is 6. The van der Waals surface area contributed by atoms with E-state index in [-0.39, 0.29) is 308 Å². The van der Waals surface area contributed by atoms with Crippen LogP contribution < -0.4 is 31.9 Å². The normalized spacial score (nSPS) is 12.1. The summed E-state index contributed by atoms with van der Waals surface area (Å²) < 4.78 is 25.3. The van der Waals surface area contributed by atoms with Crippen LogP contribution in [0.25, 0.3) is 0 Å². The van der Waals surface area contributed by atoms with E-state index in [9.17, 15) is 106 Å². The summed E-state index contributed by atoms with van der Waals surface area (Å²) in [4.78, 5) is 246. The van der Waals surface area contributed by atoms with Crippen LogP contribution in [0.3, 0.4) is 0 Å². The summed E-state index contributed by atoms with van der Waals surface area (Å²) >= 11 is 0. The van der Waals surface area contributed by atoms with Crippen LogP contribution in [0.4, 0.5) is 0 Å². The molecule has 2 rings (SSSR count). The van der Waals surface area contributed by atoms with Crippen molar-refractivity contribution in [2.24, 2.45) is 11.8 Å². The van der Waals surface area contributed by atoms with Crippen molar-refractivity contribution in [2.45, 2.75) is 464 Å². The summed E-state index contributed by atoms with van der Waals surface area (Å²) in [5.41, 5.74) is -0.767. The molecule has 0 saturated heterocycles. The molecule has 804 valence electrons. The number of aromatic nitrogens is 6. The Bertz CT molecular complexity index is 4130. The number of amides is 6. The molecule has 2 aromatic rings. The van der Waals surface area contributed by atoms with E-state index in [2.05, 4.69) is 66.4 Å². The lowest BCUT2D eigenvalue weighted by Crippen LogP contribution is -2.44. The lowest BCUT2D eigenvalue weighted by Gasteiger charge is -2.25. The Balaban J connectivity index is 0.00000143. The van der Waals surface area contributed by atoms with Gasteiger partial charge in [0.15, 0.2) is 0 Å². The molecule has 0 saturated carbocycles. The standard InChI is InChI=1S/C56H94N6O13.C48H78N6O13/c1-9-10-11-12-13-14-15-16-17-18-19-20-21-22-52(70)59-49(54(72)75-56(5,6)7)32-30-48(67)39-42(53(71)74-55(2,3)4)23-33-51(69)58-40-43-41-62(61-60-43)36-38-73-37-35-47(66)29-28-45(64)25-24-44(63)26-27-46(65)31-34-50(68)57-8;1-3-4-5-6-7-8-9-10-11-12-13-14-15-16-46(62)51-43(48(65)66)26-24-42(59)33-36(47(63)64)17-27-45(61)50-34-37-35-54(53-52-37)30-32-67-31-29-41(58)23-22-39(56)19-18-38(55)20-21-40(57)25-28-44(60)49-2/h41-42,49H,9-40H2,1-8H3,(H,57,68)(H,58,69)(H,59,70);35-36,43H,3-34H2,1-2H3,(H,49,60)(H,50,61)(H,51,62)(H,63,64)(H,65,66)/t42-,49+;36-,43+/m11/s1. The lowest BCUT2D eigenvalue weighted by molar-refractivity contribution is -0.162. The molecule has 0 aromatic carbocycles. The van der Waals surface area contributed by atoms with Crippen LogP contribution >= 0.6 is 0 Å². The first-order chi connectivity index (χ1) is 67.6. The zero-order chi connectivity index (χ0) is 106. The number of rotatable bonds is 90. The molecule has 2 aromatic heterocycles. The summed E-state index contributed by atoms with van der Waals surface area (Å²) in [6.07, 6.45) is 33.3. The van der Waals surface area contributed by atoms with E-state index in [0.29, 0.717) is 37.3 Å². The molecule has 0 bridgehead atoms. The fraction of sp³-hybridized carbons (Fsp3) is 0.769. The molecular formula is C104H172N12O26. The van der Waals surface area contributed by atoms with Crippen LogP contribution in [-0.4, -0.2) is 221 Å². The number of carbonyl (C=O) groups is 20. The van der Waals surface area contributed by atoms with Gasteiger partial charge in [-0.3, -0.25) is 86.3 Å². The van der Waals surface area contributed by atoms with Gasteiger partial charge in [0, 0.05) is 181 Å². The van der Waals surface area contributed by atoms with E-state index in [0.717, 1.165) is 38.5 Å². The van der Waals surface area contributed by atoms with Gasteiger partial charge in [0.1, 0.15) is 92.5 Å². The Morgan fingerprint density at radius 3 is 0.908 bits per heavy atom. The number of esters is 2. The molecule has 38 heteroatoms. The van der Waals surface area contributed by atoms with Crippen LogP contribution in [0.5, 0.6) is 0 Å². The molecule has 0 aliphatic carbocycles.